The van der Waals surface area contributed by atoms with Crippen LogP contribution in [0.25, 0.3) is 5.69 Å². The minimum Gasteiger partial charge on any atom is -0.313 e. The fraction of sp³-hybridized carbons (Fsp3) is 0.438. The zero-order valence-corrected chi connectivity index (χ0v) is 11.6. The van der Waals surface area contributed by atoms with Crippen LogP contribution < -0.4 is 5.32 Å². The highest BCUT2D eigenvalue weighted by molar-refractivity contribution is 5.35. The monoisotopic (exact) mass is 255 g/mol. The van der Waals surface area contributed by atoms with Crippen molar-refractivity contribution in [1.82, 2.24) is 15.1 Å². The Hall–Kier alpha value is -1.61. The Labute approximate surface area is 114 Å². The van der Waals surface area contributed by atoms with Gasteiger partial charge in [0.05, 0.1) is 11.4 Å². The summed E-state index contributed by atoms with van der Waals surface area (Å²) in [5, 5.41) is 7.99. The highest BCUT2D eigenvalue weighted by Gasteiger charge is 2.25. The molecule has 1 heterocycles. The lowest BCUT2D eigenvalue weighted by atomic mass is 10.0. The number of hydrogen-bond acceptors (Lipinski definition) is 2. The van der Waals surface area contributed by atoms with E-state index < -0.39 is 0 Å². The van der Waals surface area contributed by atoms with Gasteiger partial charge in [-0.2, -0.15) is 5.10 Å². The van der Waals surface area contributed by atoms with Crippen molar-refractivity contribution >= 4 is 0 Å². The molecule has 3 nitrogen and oxygen atoms in total. The Bertz CT molecular complexity index is 533. The van der Waals surface area contributed by atoms with Crippen LogP contribution in [-0.2, 0) is 0 Å². The second-order valence-electron chi connectivity index (χ2n) is 5.30. The predicted octanol–water partition coefficient (Wildman–Crippen LogP) is 3.42. The molecule has 0 aliphatic heterocycles. The summed E-state index contributed by atoms with van der Waals surface area (Å²) < 4.78 is 1.98. The lowest BCUT2D eigenvalue weighted by Crippen LogP contribution is -2.15. The minimum absolute atomic E-state index is 0.439. The maximum absolute atomic E-state index is 4.66. The summed E-state index contributed by atoms with van der Waals surface area (Å²) >= 11 is 0. The molecule has 1 aromatic heterocycles. The zero-order chi connectivity index (χ0) is 13.2. The lowest BCUT2D eigenvalue weighted by molar-refractivity contribution is 0.577. The Morgan fingerprint density at radius 1 is 1.26 bits per heavy atom. The van der Waals surface area contributed by atoms with Crippen LogP contribution in [0.1, 0.15) is 49.4 Å². The predicted molar refractivity (Wildman–Crippen MR) is 77.6 cm³/mol. The number of nitrogens with zero attached hydrogens (tertiary/aromatic N) is 2. The highest BCUT2D eigenvalue weighted by Crippen LogP contribution is 2.39. The van der Waals surface area contributed by atoms with Crippen molar-refractivity contribution in [3.05, 3.63) is 47.8 Å². The van der Waals surface area contributed by atoms with Crippen LogP contribution in [0.5, 0.6) is 0 Å². The van der Waals surface area contributed by atoms with Crippen molar-refractivity contribution in [1.29, 1.82) is 0 Å². The van der Waals surface area contributed by atoms with Crippen molar-refractivity contribution in [2.24, 2.45) is 0 Å². The molecule has 0 amide bonds. The fourth-order valence-electron chi connectivity index (χ4n) is 2.54. The second kappa shape index (κ2) is 5.17. The summed E-state index contributed by atoms with van der Waals surface area (Å²) in [5.41, 5.74) is 3.72. The molecule has 1 unspecified atom stereocenters. The largest absolute Gasteiger partial charge is 0.313 e. The number of hydrogen-bond donors (Lipinski definition) is 1. The van der Waals surface area contributed by atoms with Crippen molar-refractivity contribution in [2.45, 2.75) is 38.1 Å². The fourth-order valence-corrected chi connectivity index (χ4v) is 2.54. The summed E-state index contributed by atoms with van der Waals surface area (Å²) in [7, 11) is 2.01. The molecule has 1 aliphatic carbocycles. The third kappa shape index (κ3) is 2.56. The normalized spacial score (nSPS) is 16.5. The summed E-state index contributed by atoms with van der Waals surface area (Å²) in [4.78, 5) is 0. The lowest BCUT2D eigenvalue weighted by Gasteiger charge is -2.14. The number of nitrogens with one attached hydrogen (secondary N) is 1. The standard InChI is InChI=1S/C16H21N3/c1-3-15(17-2)12-6-8-14(9-7-12)19-11-10-16(18-19)13-4-5-13/h6-11,13,15,17H,3-5H2,1-2H3. The molecule has 0 radical (unpaired) electrons. The molecule has 1 fully saturated rings. The van der Waals surface area contributed by atoms with Crippen molar-refractivity contribution in [3.63, 3.8) is 0 Å². The van der Waals surface area contributed by atoms with E-state index in [1.807, 2.05) is 11.7 Å². The molecule has 0 saturated heterocycles. The summed E-state index contributed by atoms with van der Waals surface area (Å²) in [6.07, 6.45) is 5.77. The van der Waals surface area contributed by atoms with Crippen LogP contribution in [0.15, 0.2) is 36.5 Å². The molecule has 1 saturated carbocycles. The van der Waals surface area contributed by atoms with E-state index >= 15 is 0 Å². The molecule has 0 spiro atoms. The summed E-state index contributed by atoms with van der Waals surface area (Å²) in [6, 6.07) is 11.3. The van der Waals surface area contributed by atoms with Crippen LogP contribution >= 0.6 is 0 Å². The zero-order valence-electron chi connectivity index (χ0n) is 11.6. The van der Waals surface area contributed by atoms with Crippen LogP contribution in [0, 0.1) is 0 Å². The van der Waals surface area contributed by atoms with Gasteiger partial charge in [0, 0.05) is 18.2 Å². The van der Waals surface area contributed by atoms with E-state index in [0.29, 0.717) is 12.0 Å². The van der Waals surface area contributed by atoms with Gasteiger partial charge in [-0.1, -0.05) is 19.1 Å². The maximum Gasteiger partial charge on any atom is 0.0659 e. The molecule has 2 aromatic rings. The molecule has 1 atom stereocenters. The molecule has 1 N–H and O–H groups in total. The van der Waals surface area contributed by atoms with Crippen molar-refractivity contribution < 1.29 is 0 Å². The molecule has 1 aromatic carbocycles. The average molecular weight is 255 g/mol. The van der Waals surface area contributed by atoms with E-state index in [9.17, 15) is 0 Å². The first kappa shape index (κ1) is 12.4. The molecule has 3 heteroatoms. The van der Waals surface area contributed by atoms with Gasteiger partial charge in [0.25, 0.3) is 0 Å². The number of benzene rings is 1. The first-order valence-electron chi connectivity index (χ1n) is 7.15. The van der Waals surface area contributed by atoms with Crippen LogP contribution in [0.3, 0.4) is 0 Å². The molecule has 100 valence electrons. The van der Waals surface area contributed by atoms with Gasteiger partial charge < -0.3 is 5.32 Å². The van der Waals surface area contributed by atoms with E-state index in [0.717, 1.165) is 12.1 Å². The molecule has 19 heavy (non-hydrogen) atoms. The molecular formula is C16H21N3. The second-order valence-corrected chi connectivity index (χ2v) is 5.30. The Morgan fingerprint density at radius 2 is 2.00 bits per heavy atom. The van der Waals surface area contributed by atoms with Gasteiger partial charge in [-0.05, 0) is 50.1 Å². The summed E-state index contributed by atoms with van der Waals surface area (Å²) in [5.74, 6) is 0.717. The Balaban J connectivity index is 1.80. The van der Waals surface area contributed by atoms with Crippen LogP contribution in [-0.4, -0.2) is 16.8 Å². The first-order chi connectivity index (χ1) is 9.31. The van der Waals surface area contributed by atoms with Gasteiger partial charge in [0.15, 0.2) is 0 Å². The van der Waals surface area contributed by atoms with E-state index in [-0.39, 0.29) is 0 Å². The minimum atomic E-state index is 0.439. The van der Waals surface area contributed by atoms with Gasteiger partial charge in [-0.25, -0.2) is 4.68 Å². The molecule has 0 bridgehead atoms. The van der Waals surface area contributed by atoms with Crippen molar-refractivity contribution in [2.75, 3.05) is 7.05 Å². The molecule has 3 rings (SSSR count). The van der Waals surface area contributed by atoms with E-state index in [4.69, 9.17) is 0 Å². The van der Waals surface area contributed by atoms with Gasteiger partial charge in [-0.15, -0.1) is 0 Å². The van der Waals surface area contributed by atoms with Gasteiger partial charge in [0.2, 0.25) is 0 Å². The SMILES string of the molecule is CCC(NC)c1ccc(-n2ccc(C3CC3)n2)cc1. The highest BCUT2D eigenvalue weighted by atomic mass is 15.3. The quantitative estimate of drug-likeness (QED) is 0.887. The number of rotatable bonds is 5. The topological polar surface area (TPSA) is 29.9 Å². The van der Waals surface area contributed by atoms with Crippen LogP contribution in [0.4, 0.5) is 0 Å². The van der Waals surface area contributed by atoms with Gasteiger partial charge in [0.1, 0.15) is 0 Å². The average Bonchev–Trinajstić information content (AvgIpc) is 3.19. The molecule has 1 aliphatic rings. The smallest absolute Gasteiger partial charge is 0.0659 e. The van der Waals surface area contributed by atoms with Crippen LogP contribution in [0.2, 0.25) is 0 Å². The van der Waals surface area contributed by atoms with Crippen molar-refractivity contribution in [3.8, 4) is 5.69 Å². The molecular weight excluding hydrogens is 234 g/mol. The van der Waals surface area contributed by atoms with E-state index in [2.05, 4.69) is 53.9 Å². The van der Waals surface area contributed by atoms with E-state index in [1.54, 1.807) is 0 Å². The Kier molecular flexibility index (Phi) is 3.38. The number of aromatic nitrogens is 2. The first-order valence-corrected chi connectivity index (χ1v) is 7.15. The van der Waals surface area contributed by atoms with Gasteiger partial charge in [-0.3, -0.25) is 0 Å². The third-order valence-electron chi connectivity index (χ3n) is 3.92. The van der Waals surface area contributed by atoms with E-state index in [1.165, 1.54) is 24.1 Å². The Morgan fingerprint density at radius 3 is 2.58 bits per heavy atom. The summed E-state index contributed by atoms with van der Waals surface area (Å²) in [6.45, 7) is 2.20. The third-order valence-corrected chi connectivity index (χ3v) is 3.92. The maximum atomic E-state index is 4.66. The van der Waals surface area contributed by atoms with Gasteiger partial charge >= 0.3 is 0 Å².